The second-order valence-corrected chi connectivity index (χ2v) is 4.59. The van der Waals surface area contributed by atoms with Crippen LogP contribution < -0.4 is 14.8 Å². The summed E-state index contributed by atoms with van der Waals surface area (Å²) in [6.07, 6.45) is 0.675. The molecule has 1 rings (SSSR count). The van der Waals surface area contributed by atoms with Crippen LogP contribution in [0.1, 0.15) is 20.3 Å². The number of nitrogens with one attached hydrogen (secondary N) is 1. The molecule has 112 valence electrons. The Kier molecular flexibility index (Phi) is 7.50. The second kappa shape index (κ2) is 9.20. The molecule has 0 saturated carbocycles. The molecule has 0 radical (unpaired) electrons. The lowest BCUT2D eigenvalue weighted by atomic mass is 10.1. The number of hydrogen-bond donors (Lipinski definition) is 2. The summed E-state index contributed by atoms with van der Waals surface area (Å²) in [5, 5.41) is 11.6. The van der Waals surface area contributed by atoms with E-state index in [0.717, 1.165) is 0 Å². The molecule has 1 amide bonds. The summed E-state index contributed by atoms with van der Waals surface area (Å²) in [6.45, 7) is 5.04. The Hall–Kier alpha value is -1.75. The Bertz CT molecular complexity index is 409. The summed E-state index contributed by atoms with van der Waals surface area (Å²) in [4.78, 5) is 11.7. The zero-order valence-electron chi connectivity index (χ0n) is 12.1. The summed E-state index contributed by atoms with van der Waals surface area (Å²) in [5.41, 5.74) is 0. The van der Waals surface area contributed by atoms with Crippen molar-refractivity contribution in [2.75, 3.05) is 26.4 Å². The molecule has 5 nitrogen and oxygen atoms in total. The predicted octanol–water partition coefficient (Wildman–Crippen LogP) is 1.60. The molecule has 0 aliphatic carbocycles. The first-order valence-electron chi connectivity index (χ1n) is 6.89. The van der Waals surface area contributed by atoms with Gasteiger partial charge >= 0.3 is 0 Å². The number of rotatable bonds is 9. The summed E-state index contributed by atoms with van der Waals surface area (Å²) in [6, 6.07) is 7.26. The first kappa shape index (κ1) is 16.3. The van der Waals surface area contributed by atoms with Gasteiger partial charge in [0, 0.05) is 13.2 Å². The van der Waals surface area contributed by atoms with E-state index in [1.165, 1.54) is 0 Å². The lowest BCUT2D eigenvalue weighted by molar-refractivity contribution is -0.123. The fourth-order valence-electron chi connectivity index (χ4n) is 1.65. The van der Waals surface area contributed by atoms with E-state index in [1.807, 2.05) is 26.0 Å². The summed E-state index contributed by atoms with van der Waals surface area (Å²) >= 11 is 0. The molecule has 0 aliphatic rings. The van der Waals surface area contributed by atoms with Crippen molar-refractivity contribution in [2.45, 2.75) is 20.3 Å². The topological polar surface area (TPSA) is 67.8 Å². The molecular weight excluding hydrogens is 258 g/mol. The minimum absolute atomic E-state index is 0.0457. The fourth-order valence-corrected chi connectivity index (χ4v) is 1.65. The number of aliphatic hydroxyl groups excluding tert-OH is 1. The summed E-state index contributed by atoms with van der Waals surface area (Å²) < 4.78 is 10.9. The molecule has 0 fully saturated rings. The third-order valence-electron chi connectivity index (χ3n) is 2.78. The Balaban J connectivity index is 2.37. The zero-order chi connectivity index (χ0) is 14.8. The third kappa shape index (κ3) is 5.93. The molecule has 0 aromatic heterocycles. The van der Waals surface area contributed by atoms with Crippen LogP contribution in [0.15, 0.2) is 24.3 Å². The van der Waals surface area contributed by atoms with Crippen LogP contribution in [0.4, 0.5) is 0 Å². The Labute approximate surface area is 119 Å². The molecule has 1 unspecified atom stereocenters. The molecule has 1 atom stereocenters. The van der Waals surface area contributed by atoms with Gasteiger partial charge in [0.25, 0.3) is 5.91 Å². The highest BCUT2D eigenvalue weighted by atomic mass is 16.5. The van der Waals surface area contributed by atoms with E-state index in [4.69, 9.17) is 14.6 Å². The highest BCUT2D eigenvalue weighted by Gasteiger charge is 2.08. The maximum atomic E-state index is 11.7. The van der Waals surface area contributed by atoms with E-state index < -0.39 is 0 Å². The average Bonchev–Trinajstić information content (AvgIpc) is 2.45. The number of amides is 1. The van der Waals surface area contributed by atoms with Gasteiger partial charge in [-0.25, -0.2) is 0 Å². The smallest absolute Gasteiger partial charge is 0.257 e. The number of carbonyl (C=O) groups excluding carboxylic acids is 1. The van der Waals surface area contributed by atoms with E-state index in [1.54, 1.807) is 12.1 Å². The van der Waals surface area contributed by atoms with E-state index in [-0.39, 0.29) is 25.0 Å². The van der Waals surface area contributed by atoms with Crippen molar-refractivity contribution in [2.24, 2.45) is 5.92 Å². The lowest BCUT2D eigenvalue weighted by Crippen LogP contribution is -2.32. The first-order valence-corrected chi connectivity index (χ1v) is 6.89. The Morgan fingerprint density at radius 1 is 1.30 bits per heavy atom. The molecule has 0 saturated heterocycles. The Morgan fingerprint density at radius 3 is 2.55 bits per heavy atom. The fraction of sp³-hybridized carbons (Fsp3) is 0.533. The number of carbonyl (C=O) groups is 1. The van der Waals surface area contributed by atoms with Gasteiger partial charge in [0.15, 0.2) is 18.1 Å². The van der Waals surface area contributed by atoms with Crippen LogP contribution in [-0.4, -0.2) is 37.4 Å². The van der Waals surface area contributed by atoms with Crippen molar-refractivity contribution in [1.29, 1.82) is 0 Å². The van der Waals surface area contributed by atoms with E-state index in [2.05, 4.69) is 5.32 Å². The van der Waals surface area contributed by atoms with Crippen molar-refractivity contribution in [3.05, 3.63) is 24.3 Å². The SMILES string of the molecule is CCOc1ccccc1OCC(=O)NCC(C)CCO. The minimum Gasteiger partial charge on any atom is -0.490 e. The number of benzene rings is 1. The lowest BCUT2D eigenvalue weighted by Gasteiger charge is -2.13. The molecule has 5 heteroatoms. The highest BCUT2D eigenvalue weighted by Crippen LogP contribution is 2.26. The van der Waals surface area contributed by atoms with Crippen LogP contribution in [0.2, 0.25) is 0 Å². The minimum atomic E-state index is -0.180. The van der Waals surface area contributed by atoms with Crippen LogP contribution in [0, 0.1) is 5.92 Å². The molecule has 0 aliphatic heterocycles. The molecule has 0 spiro atoms. The van der Waals surface area contributed by atoms with Crippen LogP contribution in [-0.2, 0) is 4.79 Å². The third-order valence-corrected chi connectivity index (χ3v) is 2.78. The largest absolute Gasteiger partial charge is 0.490 e. The van der Waals surface area contributed by atoms with Gasteiger partial charge in [0.1, 0.15) is 0 Å². The van der Waals surface area contributed by atoms with Gasteiger partial charge in [0.2, 0.25) is 0 Å². The zero-order valence-corrected chi connectivity index (χ0v) is 12.1. The quantitative estimate of drug-likeness (QED) is 0.721. The van der Waals surface area contributed by atoms with Gasteiger partial charge < -0.3 is 19.9 Å². The molecule has 20 heavy (non-hydrogen) atoms. The molecule has 0 bridgehead atoms. The van der Waals surface area contributed by atoms with Crippen molar-refractivity contribution >= 4 is 5.91 Å². The molecule has 1 aromatic rings. The number of hydrogen-bond acceptors (Lipinski definition) is 4. The predicted molar refractivity (Wildman–Crippen MR) is 77.0 cm³/mol. The van der Waals surface area contributed by atoms with Crippen LogP contribution >= 0.6 is 0 Å². The molecule has 2 N–H and O–H groups in total. The number of ether oxygens (including phenoxy) is 2. The van der Waals surface area contributed by atoms with Crippen molar-refractivity contribution < 1.29 is 19.4 Å². The van der Waals surface area contributed by atoms with Crippen molar-refractivity contribution in [1.82, 2.24) is 5.32 Å². The maximum Gasteiger partial charge on any atom is 0.257 e. The summed E-state index contributed by atoms with van der Waals surface area (Å²) in [7, 11) is 0. The van der Waals surface area contributed by atoms with Crippen LogP contribution in [0.3, 0.4) is 0 Å². The molecule has 1 aromatic carbocycles. The summed E-state index contributed by atoms with van der Waals surface area (Å²) in [5.74, 6) is 1.27. The first-order chi connectivity index (χ1) is 9.67. The highest BCUT2D eigenvalue weighted by molar-refractivity contribution is 5.77. The van der Waals surface area contributed by atoms with Gasteiger partial charge in [-0.3, -0.25) is 4.79 Å². The normalized spacial score (nSPS) is 11.8. The van der Waals surface area contributed by atoms with Crippen molar-refractivity contribution in [3.63, 3.8) is 0 Å². The second-order valence-electron chi connectivity index (χ2n) is 4.59. The average molecular weight is 281 g/mol. The van der Waals surface area contributed by atoms with Crippen LogP contribution in [0.5, 0.6) is 11.5 Å². The van der Waals surface area contributed by atoms with E-state index in [0.29, 0.717) is 31.1 Å². The van der Waals surface area contributed by atoms with Gasteiger partial charge in [-0.15, -0.1) is 0 Å². The van der Waals surface area contributed by atoms with Crippen molar-refractivity contribution in [3.8, 4) is 11.5 Å². The van der Waals surface area contributed by atoms with Gasteiger partial charge in [-0.2, -0.15) is 0 Å². The number of aliphatic hydroxyl groups is 1. The molecular formula is C15H23NO4. The van der Waals surface area contributed by atoms with Gasteiger partial charge in [-0.05, 0) is 31.4 Å². The van der Waals surface area contributed by atoms with Crippen LogP contribution in [0.25, 0.3) is 0 Å². The maximum absolute atomic E-state index is 11.7. The van der Waals surface area contributed by atoms with E-state index >= 15 is 0 Å². The van der Waals surface area contributed by atoms with Gasteiger partial charge in [-0.1, -0.05) is 19.1 Å². The standard InChI is InChI=1S/C15H23NO4/c1-3-19-13-6-4-5-7-14(13)20-11-15(18)16-10-12(2)8-9-17/h4-7,12,17H,3,8-11H2,1-2H3,(H,16,18). The number of para-hydroxylation sites is 2. The van der Waals surface area contributed by atoms with E-state index in [9.17, 15) is 4.79 Å². The molecule has 0 heterocycles. The Morgan fingerprint density at radius 2 is 1.95 bits per heavy atom. The monoisotopic (exact) mass is 281 g/mol. The van der Waals surface area contributed by atoms with Gasteiger partial charge in [0.05, 0.1) is 6.61 Å².